The van der Waals surface area contributed by atoms with Gasteiger partial charge in [0.05, 0.1) is 60.5 Å². The Morgan fingerprint density at radius 3 is 1.76 bits per heavy atom. The van der Waals surface area contributed by atoms with Gasteiger partial charge in [-0.3, -0.25) is 0 Å². The zero-order chi connectivity index (χ0) is 57.4. The quantitative estimate of drug-likeness (QED) is 0.183. The summed E-state index contributed by atoms with van der Waals surface area (Å²) in [7, 11) is 0. The molecule has 0 saturated carbocycles. The number of fused-ring (bicyclic) bond motifs is 6. The smallest absolute Gasteiger partial charge is 0.166 e. The zero-order valence-electron chi connectivity index (χ0n) is 52.7. The predicted molar refractivity (Wildman–Crippen MR) is 203 cm³/mol. The Bertz CT molecular complexity index is 4320. The van der Waals surface area contributed by atoms with Crippen LogP contribution in [0.2, 0.25) is 0 Å². The van der Waals surface area contributed by atoms with Gasteiger partial charge in [0.15, 0.2) is 17.5 Å². The molecule has 0 aliphatic carbocycles. The fourth-order valence-corrected chi connectivity index (χ4v) is 5.50. The lowest BCUT2D eigenvalue weighted by Gasteiger charge is -2.13. The summed E-state index contributed by atoms with van der Waals surface area (Å²) in [5, 5.41) is -2.49. The van der Waals surface area contributed by atoms with Crippen molar-refractivity contribution in [1.82, 2.24) is 19.5 Å². The third-order valence-corrected chi connectivity index (χ3v) is 7.55. The van der Waals surface area contributed by atoms with Crippen LogP contribution in [0.3, 0.4) is 0 Å². The van der Waals surface area contributed by atoms with Gasteiger partial charge in [0.1, 0.15) is 11.2 Å². The second-order valence-electron chi connectivity index (χ2n) is 10.3. The molecule has 0 atom stereocenters. The lowest BCUT2D eigenvalue weighted by atomic mass is 10.0. The maximum atomic E-state index is 9.67. The van der Waals surface area contributed by atoms with Gasteiger partial charge in [-0.15, -0.1) is 0 Å². The van der Waals surface area contributed by atoms with Crippen LogP contribution >= 0.6 is 0 Å². The second kappa shape index (κ2) is 11.4. The van der Waals surface area contributed by atoms with E-state index < -0.39 is 264 Å². The monoisotopic (exact) mass is 668 g/mol. The van der Waals surface area contributed by atoms with Crippen molar-refractivity contribution in [2.75, 3.05) is 0 Å². The lowest BCUT2D eigenvalue weighted by Crippen LogP contribution is -2.02. The molecule has 0 spiro atoms. The summed E-state index contributed by atoms with van der Waals surface area (Å²) in [4.78, 5) is 13.1. The SMILES string of the molecule is [2H]c1c([2H])c([2H])c(-c2nc(-c3c([2H])c([2H])c([2H])c([2H])c3[2H])nc(-c3c([2H])c([2H])c([2H])c4c5c([2H])c([2H])c([2H])c([2H])c5n(-c5c([2H])c([2H])c([2H])c6oc7c([2H])c([2H])c(-c8c([2H])c([2H])c([2H])c([2H])c8[2H])c([2H])c7c56)c34)n2)c([2H])c1[2H]. The van der Waals surface area contributed by atoms with Gasteiger partial charge in [0.25, 0.3) is 0 Å². The first-order valence-corrected chi connectivity index (χ1v) is 14.4. The lowest BCUT2D eigenvalue weighted by molar-refractivity contribution is 0.669. The Morgan fingerprint density at radius 2 is 1.04 bits per heavy atom. The zero-order valence-corrected chi connectivity index (χ0v) is 24.7. The van der Waals surface area contributed by atoms with Gasteiger partial charge < -0.3 is 8.98 Å². The van der Waals surface area contributed by atoms with Crippen molar-refractivity contribution in [3.05, 3.63) is 169 Å². The van der Waals surface area contributed by atoms with E-state index in [0.717, 1.165) is 4.57 Å². The summed E-state index contributed by atoms with van der Waals surface area (Å²) >= 11 is 0. The van der Waals surface area contributed by atoms with Crippen molar-refractivity contribution in [2.24, 2.45) is 0 Å². The van der Waals surface area contributed by atoms with Gasteiger partial charge in [-0.05, 0) is 47.4 Å². The molecule has 0 unspecified atom stereocenters. The number of nitrogens with zero attached hydrogens (tertiary/aromatic N) is 4. The van der Waals surface area contributed by atoms with Crippen molar-refractivity contribution < 1.29 is 42.8 Å². The highest BCUT2D eigenvalue weighted by atomic mass is 16.3. The molecule has 10 rings (SSSR count). The number of rotatable bonds is 5. The summed E-state index contributed by atoms with van der Waals surface area (Å²) in [5.74, 6) is -2.66. The minimum absolute atomic E-state index is 0.608. The fraction of sp³-hybridized carbons (Fsp3) is 0. The van der Waals surface area contributed by atoms with Crippen LogP contribution in [0.25, 0.3) is 94.7 Å². The fourth-order valence-electron chi connectivity index (χ4n) is 5.50. The Balaban J connectivity index is 1.51. The molecule has 50 heavy (non-hydrogen) atoms. The second-order valence-corrected chi connectivity index (χ2v) is 10.3. The van der Waals surface area contributed by atoms with E-state index >= 15 is 0 Å². The van der Waals surface area contributed by atoms with E-state index in [1.165, 1.54) is 0 Å². The molecule has 0 fully saturated rings. The normalized spacial score (nSPS) is 19.4. The van der Waals surface area contributed by atoms with Gasteiger partial charge in [0.2, 0.25) is 0 Å². The molecule has 7 aromatic carbocycles. The molecule has 0 saturated heterocycles. The average Bonchev–Trinajstić information content (AvgIpc) is 4.21. The van der Waals surface area contributed by atoms with Crippen molar-refractivity contribution in [3.8, 4) is 51.0 Å². The molecule has 10 aromatic rings. The molecule has 0 aliphatic rings. The molecule has 0 N–H and O–H groups in total. The average molecular weight is 669 g/mol. The van der Waals surface area contributed by atoms with Gasteiger partial charge >= 0.3 is 0 Å². The van der Waals surface area contributed by atoms with Crippen molar-refractivity contribution in [2.45, 2.75) is 0 Å². The highest BCUT2D eigenvalue weighted by Gasteiger charge is 2.22. The number of benzene rings is 7. The van der Waals surface area contributed by atoms with Gasteiger partial charge in [0, 0.05) is 32.8 Å². The summed E-state index contributed by atoms with van der Waals surface area (Å²) in [5.41, 5.74) is -7.44. The predicted octanol–water partition coefficient (Wildman–Crippen LogP) is 11.5. The first-order chi connectivity index (χ1) is 36.4. The molecule has 0 aliphatic heterocycles. The Morgan fingerprint density at radius 1 is 0.440 bits per heavy atom. The Kier molecular flexibility index (Phi) is 2.72. The molecule has 3 heterocycles. The van der Waals surface area contributed by atoms with Crippen LogP contribution in [0, 0.1) is 0 Å². The van der Waals surface area contributed by atoms with Crippen LogP contribution in [0.5, 0.6) is 0 Å². The van der Waals surface area contributed by atoms with E-state index in [-0.39, 0.29) is 0 Å². The van der Waals surface area contributed by atoms with E-state index in [4.69, 9.17) is 33.2 Å². The van der Waals surface area contributed by atoms with Crippen LogP contribution in [0.4, 0.5) is 0 Å². The molecule has 3 aromatic heterocycles. The number of hydrogen-bond donors (Lipinski definition) is 0. The van der Waals surface area contributed by atoms with E-state index in [0.29, 0.717) is 0 Å². The van der Waals surface area contributed by atoms with Gasteiger partial charge in [-0.2, -0.15) is 0 Å². The van der Waals surface area contributed by atoms with Crippen LogP contribution in [-0.2, 0) is 0 Å². The summed E-state index contributed by atoms with van der Waals surface area (Å²) in [6, 6.07) is -26.0. The highest BCUT2D eigenvalue weighted by molar-refractivity contribution is 6.17. The van der Waals surface area contributed by atoms with E-state index in [9.17, 15) is 9.60 Å². The third-order valence-electron chi connectivity index (χ3n) is 7.55. The van der Waals surface area contributed by atoms with Gasteiger partial charge in [-0.1, -0.05) is 133 Å². The van der Waals surface area contributed by atoms with Crippen LogP contribution < -0.4 is 0 Å². The third kappa shape index (κ3) is 4.52. The largest absolute Gasteiger partial charge is 0.456 e. The van der Waals surface area contributed by atoms with E-state index in [1.807, 2.05) is 0 Å². The molecule has 234 valence electrons. The maximum Gasteiger partial charge on any atom is 0.166 e. The summed E-state index contributed by atoms with van der Waals surface area (Å²) < 4.78 is 255. The number of para-hydroxylation sites is 2. The Labute approximate surface area is 327 Å². The van der Waals surface area contributed by atoms with Crippen LogP contribution in [0.1, 0.15) is 38.4 Å². The first-order valence-electron chi connectivity index (χ1n) is 28.4. The Hall–Kier alpha value is -6.85. The minimum atomic E-state index is -1.04. The number of furan rings is 1. The van der Waals surface area contributed by atoms with Crippen LogP contribution in [-0.4, -0.2) is 19.5 Å². The minimum Gasteiger partial charge on any atom is -0.456 e. The molecule has 0 bridgehead atoms. The van der Waals surface area contributed by atoms with Crippen molar-refractivity contribution in [3.63, 3.8) is 0 Å². The number of aromatic nitrogens is 4. The van der Waals surface area contributed by atoms with Crippen molar-refractivity contribution >= 4 is 43.7 Å². The van der Waals surface area contributed by atoms with E-state index in [2.05, 4.69) is 15.0 Å². The summed E-state index contributed by atoms with van der Waals surface area (Å²) in [6.07, 6.45) is 0. The summed E-state index contributed by atoms with van der Waals surface area (Å²) in [6.45, 7) is 0. The molecule has 5 nitrogen and oxygen atoms in total. The maximum absolute atomic E-state index is 9.67. The standard InChI is InChI=1S/C45H28N4O/c1-4-14-29(15-5-1)32-26-27-39-36(28-32)41-38(24-13-25-40(41)50-39)49-37-23-11-10-20-33(37)34-21-12-22-35(42(34)49)45-47-43(30-16-6-2-7-17-30)46-44(48-45)31-18-8-3-9-19-31/h1-28H/i1D,2D,3D,4D,5D,6D,7D,8D,9D,10D,11D,12D,13D,14D,15D,16D,17D,18D,19D,20D,21D,22D,23D,24D,25D,26D,27D,28D. The molecule has 5 heteroatoms. The molecule has 0 radical (unpaired) electrons. The first kappa shape index (κ1) is 11.9. The number of hydrogen-bond acceptors (Lipinski definition) is 4. The molecule has 0 amide bonds. The molecular weight excluding hydrogens is 613 g/mol. The van der Waals surface area contributed by atoms with Crippen LogP contribution in [0.15, 0.2) is 174 Å². The van der Waals surface area contributed by atoms with Gasteiger partial charge in [-0.25, -0.2) is 15.0 Å². The molecular formula is C45H28N4O. The van der Waals surface area contributed by atoms with E-state index in [1.54, 1.807) is 0 Å². The topological polar surface area (TPSA) is 56.7 Å². The van der Waals surface area contributed by atoms with Crippen molar-refractivity contribution in [1.29, 1.82) is 0 Å². The highest BCUT2D eigenvalue weighted by Crippen LogP contribution is 2.42.